The zero-order valence-corrected chi connectivity index (χ0v) is 12.4. The lowest BCUT2D eigenvalue weighted by molar-refractivity contribution is 0.475. The molecule has 0 saturated carbocycles. The number of hydrogen-bond donors (Lipinski definition) is 1. The smallest absolute Gasteiger partial charge is 0.133 e. The van der Waals surface area contributed by atoms with E-state index in [0.717, 1.165) is 34.5 Å². The molecule has 0 aliphatic carbocycles. The van der Waals surface area contributed by atoms with Gasteiger partial charge >= 0.3 is 0 Å². The Hall–Kier alpha value is -2.10. The van der Waals surface area contributed by atoms with Crippen LogP contribution in [0.25, 0.3) is 10.9 Å². The van der Waals surface area contributed by atoms with Crippen molar-refractivity contribution >= 4 is 22.5 Å². The van der Waals surface area contributed by atoms with Crippen molar-refractivity contribution in [2.45, 2.75) is 6.54 Å². The lowest BCUT2D eigenvalue weighted by Gasteiger charge is -2.12. The van der Waals surface area contributed by atoms with Crippen molar-refractivity contribution in [3.8, 4) is 11.5 Å². The molecule has 0 bridgehead atoms. The van der Waals surface area contributed by atoms with Crippen LogP contribution in [0.3, 0.4) is 0 Å². The van der Waals surface area contributed by atoms with E-state index >= 15 is 0 Å². The Morgan fingerprint density at radius 1 is 1.14 bits per heavy atom. The van der Waals surface area contributed by atoms with E-state index in [1.807, 2.05) is 55.6 Å². The summed E-state index contributed by atoms with van der Waals surface area (Å²) in [4.78, 5) is 4.34. The second-order valence-corrected chi connectivity index (χ2v) is 5.18. The fourth-order valence-corrected chi connectivity index (χ4v) is 2.36. The van der Waals surface area contributed by atoms with Crippen LogP contribution < -0.4 is 10.1 Å². The Labute approximate surface area is 128 Å². The predicted octanol–water partition coefficient (Wildman–Crippen LogP) is 4.40. The van der Waals surface area contributed by atoms with Crippen LogP contribution in [0.4, 0.5) is 0 Å². The lowest BCUT2D eigenvalue weighted by Crippen LogP contribution is -2.06. The number of nitrogens with one attached hydrogen (secondary N) is 1. The highest BCUT2D eigenvalue weighted by Gasteiger charge is 2.06. The number of fused-ring (bicyclic) bond motifs is 1. The number of benzene rings is 2. The molecule has 3 nitrogen and oxygen atoms in total. The maximum atomic E-state index is 6.07. The number of nitrogens with zero attached hydrogens (tertiary/aromatic N) is 1. The Kier molecular flexibility index (Phi) is 4.04. The molecule has 0 saturated heterocycles. The summed E-state index contributed by atoms with van der Waals surface area (Å²) in [6.45, 7) is 0.721. The molecule has 2 aromatic carbocycles. The number of hydrogen-bond acceptors (Lipinski definition) is 3. The monoisotopic (exact) mass is 298 g/mol. The Bertz CT molecular complexity index is 774. The molecule has 0 spiro atoms. The minimum absolute atomic E-state index is 0.656. The van der Waals surface area contributed by atoms with E-state index in [1.165, 1.54) is 0 Å². The van der Waals surface area contributed by atoms with E-state index in [1.54, 1.807) is 6.20 Å². The topological polar surface area (TPSA) is 34.1 Å². The first-order valence-corrected chi connectivity index (χ1v) is 7.10. The summed E-state index contributed by atoms with van der Waals surface area (Å²) in [6, 6.07) is 15.5. The molecular formula is C17H15ClN2O. The number of rotatable bonds is 4. The number of ether oxygens (including phenoxy) is 1. The summed E-state index contributed by atoms with van der Waals surface area (Å²) in [6.07, 6.45) is 1.78. The highest BCUT2D eigenvalue weighted by Crippen LogP contribution is 2.29. The zero-order chi connectivity index (χ0) is 14.7. The summed E-state index contributed by atoms with van der Waals surface area (Å²) in [7, 11) is 1.90. The molecule has 21 heavy (non-hydrogen) atoms. The van der Waals surface area contributed by atoms with Gasteiger partial charge in [0.15, 0.2) is 0 Å². The van der Waals surface area contributed by atoms with Crippen LogP contribution in [0.2, 0.25) is 5.02 Å². The molecule has 0 atom stereocenters. The van der Waals surface area contributed by atoms with Gasteiger partial charge in [-0.25, -0.2) is 0 Å². The molecule has 0 unspecified atom stereocenters. The normalized spacial score (nSPS) is 10.8. The Morgan fingerprint density at radius 2 is 2.05 bits per heavy atom. The first-order chi connectivity index (χ1) is 10.3. The van der Waals surface area contributed by atoms with Gasteiger partial charge in [0, 0.05) is 34.8 Å². The minimum atomic E-state index is 0.656. The fraction of sp³-hybridized carbons (Fsp3) is 0.118. The molecule has 0 amide bonds. The van der Waals surface area contributed by atoms with Crippen LogP contribution in [-0.2, 0) is 6.54 Å². The summed E-state index contributed by atoms with van der Waals surface area (Å²) >= 11 is 6.07. The largest absolute Gasteiger partial charge is 0.457 e. The summed E-state index contributed by atoms with van der Waals surface area (Å²) in [5.41, 5.74) is 1.97. The Morgan fingerprint density at radius 3 is 2.90 bits per heavy atom. The lowest BCUT2D eigenvalue weighted by atomic mass is 10.2. The first-order valence-electron chi connectivity index (χ1n) is 6.72. The van der Waals surface area contributed by atoms with E-state index in [9.17, 15) is 0 Å². The maximum Gasteiger partial charge on any atom is 0.133 e. The van der Waals surface area contributed by atoms with Crippen LogP contribution in [0.5, 0.6) is 11.5 Å². The second kappa shape index (κ2) is 6.12. The molecule has 0 fully saturated rings. The number of pyridine rings is 1. The van der Waals surface area contributed by atoms with Gasteiger partial charge < -0.3 is 10.1 Å². The summed E-state index contributed by atoms with van der Waals surface area (Å²) < 4.78 is 5.99. The molecule has 1 heterocycles. The average molecular weight is 299 g/mol. The van der Waals surface area contributed by atoms with Gasteiger partial charge in [-0.2, -0.15) is 0 Å². The molecule has 0 radical (unpaired) electrons. The van der Waals surface area contributed by atoms with E-state index in [-0.39, 0.29) is 0 Å². The molecule has 4 heteroatoms. The molecule has 1 aromatic heterocycles. The predicted molar refractivity (Wildman–Crippen MR) is 86.0 cm³/mol. The molecule has 1 N–H and O–H groups in total. The highest BCUT2D eigenvalue weighted by atomic mass is 35.5. The molecule has 106 valence electrons. The van der Waals surface area contributed by atoms with Crippen molar-refractivity contribution < 1.29 is 4.74 Å². The van der Waals surface area contributed by atoms with Gasteiger partial charge in [-0.05, 0) is 37.4 Å². The molecule has 3 aromatic rings. The number of aromatic nitrogens is 1. The quantitative estimate of drug-likeness (QED) is 0.775. The van der Waals surface area contributed by atoms with E-state index in [2.05, 4.69) is 10.3 Å². The van der Waals surface area contributed by atoms with E-state index in [0.29, 0.717) is 5.02 Å². The highest BCUT2D eigenvalue weighted by molar-refractivity contribution is 6.30. The standard InChI is InChI=1S/C17H15ClN2O/c1-19-11-13-4-6-14(18)9-17(13)21-15-7-5-12-3-2-8-20-16(12)10-15/h2-10,19H,11H2,1H3. The van der Waals surface area contributed by atoms with Crippen LogP contribution in [-0.4, -0.2) is 12.0 Å². The molecular weight excluding hydrogens is 284 g/mol. The average Bonchev–Trinajstić information content (AvgIpc) is 2.50. The van der Waals surface area contributed by atoms with Gasteiger partial charge in [-0.15, -0.1) is 0 Å². The van der Waals surface area contributed by atoms with Crippen molar-refractivity contribution in [1.29, 1.82) is 0 Å². The fourth-order valence-electron chi connectivity index (χ4n) is 2.20. The minimum Gasteiger partial charge on any atom is -0.457 e. The first kappa shape index (κ1) is 13.9. The van der Waals surface area contributed by atoms with Gasteiger partial charge in [0.05, 0.1) is 5.52 Å². The van der Waals surface area contributed by atoms with Crippen LogP contribution in [0.1, 0.15) is 5.56 Å². The SMILES string of the molecule is CNCc1ccc(Cl)cc1Oc1ccc2cccnc2c1. The zero-order valence-electron chi connectivity index (χ0n) is 11.6. The van der Waals surface area contributed by atoms with Crippen molar-refractivity contribution in [2.24, 2.45) is 0 Å². The van der Waals surface area contributed by atoms with Crippen molar-refractivity contribution in [3.63, 3.8) is 0 Å². The summed E-state index contributed by atoms with van der Waals surface area (Å²) in [5.74, 6) is 1.51. The van der Waals surface area contributed by atoms with E-state index in [4.69, 9.17) is 16.3 Å². The Balaban J connectivity index is 1.95. The van der Waals surface area contributed by atoms with Crippen molar-refractivity contribution in [2.75, 3.05) is 7.05 Å². The number of halogens is 1. The third-order valence-corrected chi connectivity index (χ3v) is 3.44. The van der Waals surface area contributed by atoms with Gasteiger partial charge in [-0.1, -0.05) is 23.7 Å². The second-order valence-electron chi connectivity index (χ2n) is 4.74. The molecule has 3 rings (SSSR count). The van der Waals surface area contributed by atoms with Crippen molar-refractivity contribution in [3.05, 3.63) is 65.3 Å². The van der Waals surface area contributed by atoms with Crippen LogP contribution in [0.15, 0.2) is 54.7 Å². The molecule has 0 aliphatic rings. The maximum absolute atomic E-state index is 6.07. The third-order valence-electron chi connectivity index (χ3n) is 3.20. The van der Waals surface area contributed by atoms with Gasteiger partial charge in [0.1, 0.15) is 11.5 Å². The third kappa shape index (κ3) is 3.15. The van der Waals surface area contributed by atoms with Crippen molar-refractivity contribution in [1.82, 2.24) is 10.3 Å². The van der Waals surface area contributed by atoms with Gasteiger partial charge in [-0.3, -0.25) is 4.98 Å². The van der Waals surface area contributed by atoms with Gasteiger partial charge in [0.2, 0.25) is 0 Å². The molecule has 0 aliphatic heterocycles. The van der Waals surface area contributed by atoms with Crippen LogP contribution >= 0.6 is 11.6 Å². The van der Waals surface area contributed by atoms with Crippen LogP contribution in [0, 0.1) is 0 Å². The van der Waals surface area contributed by atoms with Gasteiger partial charge in [0.25, 0.3) is 0 Å². The van der Waals surface area contributed by atoms with E-state index < -0.39 is 0 Å². The summed E-state index contributed by atoms with van der Waals surface area (Å²) in [5, 5.41) is 4.87.